The Hall–Kier alpha value is -1.58. The molecule has 0 aliphatic heterocycles. The minimum absolute atomic E-state index is 0.377. The van der Waals surface area contributed by atoms with Crippen molar-refractivity contribution in [3.8, 4) is 0 Å². The lowest BCUT2D eigenvalue weighted by molar-refractivity contribution is -0.137. The maximum absolute atomic E-state index is 12.3. The van der Waals surface area contributed by atoms with Crippen LogP contribution in [0.1, 0.15) is 5.56 Å². The third-order valence-corrected chi connectivity index (χ3v) is 1.83. The number of hydrogen-bond donors (Lipinski definition) is 0. The zero-order chi connectivity index (χ0) is 10.2. The van der Waals surface area contributed by atoms with Crippen LogP contribution >= 0.6 is 0 Å². The van der Waals surface area contributed by atoms with Crippen molar-refractivity contribution in [1.82, 2.24) is 4.98 Å². The summed E-state index contributed by atoms with van der Waals surface area (Å²) < 4.78 is 36.8. The van der Waals surface area contributed by atoms with Crippen molar-refractivity contribution < 1.29 is 13.2 Å². The number of benzene rings is 1. The van der Waals surface area contributed by atoms with E-state index >= 15 is 0 Å². The average Bonchev–Trinajstić information content (AvgIpc) is 2.16. The van der Waals surface area contributed by atoms with Crippen LogP contribution in [0.2, 0.25) is 0 Å². The molecule has 1 aromatic carbocycles. The molecule has 71 valence electrons. The standard InChI is InChI=1S/C10H5F3N/c11-10(12,13)8-5-7-3-1-2-4-9(7)14-6-8/h1-2,4-6H. The normalized spacial score (nSPS) is 11.9. The summed E-state index contributed by atoms with van der Waals surface area (Å²) in [6.07, 6.45) is -3.51. The zero-order valence-electron chi connectivity index (χ0n) is 6.97. The summed E-state index contributed by atoms with van der Waals surface area (Å²) in [5.74, 6) is 0. The molecular weight excluding hydrogens is 191 g/mol. The van der Waals surface area contributed by atoms with E-state index in [0.717, 1.165) is 12.3 Å². The average molecular weight is 196 g/mol. The molecule has 0 amide bonds. The number of pyridine rings is 1. The lowest BCUT2D eigenvalue weighted by Crippen LogP contribution is -2.05. The molecule has 2 aromatic rings. The van der Waals surface area contributed by atoms with Gasteiger partial charge in [-0.25, -0.2) is 0 Å². The molecule has 14 heavy (non-hydrogen) atoms. The molecule has 1 radical (unpaired) electrons. The van der Waals surface area contributed by atoms with Gasteiger partial charge in [0.15, 0.2) is 0 Å². The van der Waals surface area contributed by atoms with Crippen LogP contribution in [0.3, 0.4) is 0 Å². The molecule has 1 heterocycles. The molecule has 0 fully saturated rings. The Morgan fingerprint density at radius 1 is 1.29 bits per heavy atom. The van der Waals surface area contributed by atoms with Crippen LogP contribution in [0, 0.1) is 6.07 Å². The summed E-state index contributed by atoms with van der Waals surface area (Å²) in [5, 5.41) is 0.377. The minimum atomic E-state index is -4.34. The van der Waals surface area contributed by atoms with E-state index in [9.17, 15) is 13.2 Å². The minimum Gasteiger partial charge on any atom is -0.256 e. The molecule has 0 bridgehead atoms. The number of aromatic nitrogens is 1. The van der Waals surface area contributed by atoms with Crippen molar-refractivity contribution >= 4 is 10.9 Å². The van der Waals surface area contributed by atoms with Gasteiger partial charge in [0.05, 0.1) is 11.1 Å². The molecular formula is C10H5F3N. The van der Waals surface area contributed by atoms with Gasteiger partial charge in [-0.15, -0.1) is 0 Å². The first-order valence-electron chi connectivity index (χ1n) is 3.91. The predicted octanol–water partition coefficient (Wildman–Crippen LogP) is 3.05. The first-order chi connectivity index (χ1) is 6.57. The highest BCUT2D eigenvalue weighted by Gasteiger charge is 2.30. The van der Waals surface area contributed by atoms with Gasteiger partial charge in [-0.2, -0.15) is 13.2 Å². The molecule has 1 aromatic heterocycles. The van der Waals surface area contributed by atoms with Gasteiger partial charge < -0.3 is 0 Å². The summed E-state index contributed by atoms with van der Waals surface area (Å²) in [4.78, 5) is 3.70. The highest BCUT2D eigenvalue weighted by Crippen LogP contribution is 2.30. The molecule has 0 saturated heterocycles. The largest absolute Gasteiger partial charge is 0.417 e. The van der Waals surface area contributed by atoms with Crippen LogP contribution in [0.5, 0.6) is 0 Å². The summed E-state index contributed by atoms with van der Waals surface area (Å²) in [6.45, 7) is 0. The Bertz CT molecular complexity index is 462. The highest BCUT2D eigenvalue weighted by atomic mass is 19.4. The van der Waals surface area contributed by atoms with Gasteiger partial charge in [0.25, 0.3) is 0 Å². The van der Waals surface area contributed by atoms with E-state index in [1.54, 1.807) is 18.2 Å². The van der Waals surface area contributed by atoms with Crippen molar-refractivity contribution in [1.29, 1.82) is 0 Å². The molecule has 0 unspecified atom stereocenters. The van der Waals surface area contributed by atoms with Crippen molar-refractivity contribution in [2.75, 3.05) is 0 Å². The van der Waals surface area contributed by atoms with E-state index in [2.05, 4.69) is 11.1 Å². The van der Waals surface area contributed by atoms with Gasteiger partial charge in [-0.3, -0.25) is 4.98 Å². The Labute approximate surface area is 78.2 Å². The Morgan fingerprint density at radius 3 is 2.79 bits per heavy atom. The number of fused-ring (bicyclic) bond motifs is 1. The summed E-state index contributed by atoms with van der Waals surface area (Å²) in [7, 11) is 0. The second-order valence-electron chi connectivity index (χ2n) is 2.82. The molecule has 0 spiro atoms. The van der Waals surface area contributed by atoms with Crippen LogP contribution < -0.4 is 0 Å². The predicted molar refractivity (Wildman–Crippen MR) is 45.6 cm³/mol. The molecule has 0 N–H and O–H groups in total. The van der Waals surface area contributed by atoms with Gasteiger partial charge in [0.1, 0.15) is 0 Å². The lowest BCUT2D eigenvalue weighted by Gasteiger charge is -2.06. The first-order valence-corrected chi connectivity index (χ1v) is 3.91. The van der Waals surface area contributed by atoms with Crippen molar-refractivity contribution in [3.05, 3.63) is 42.1 Å². The van der Waals surface area contributed by atoms with Gasteiger partial charge in [0.2, 0.25) is 0 Å². The maximum Gasteiger partial charge on any atom is 0.417 e. The molecule has 2 rings (SSSR count). The third kappa shape index (κ3) is 1.55. The zero-order valence-corrected chi connectivity index (χ0v) is 6.97. The van der Waals surface area contributed by atoms with Crippen molar-refractivity contribution in [3.63, 3.8) is 0 Å². The summed E-state index contributed by atoms with van der Waals surface area (Å²) in [5.41, 5.74) is -0.229. The Morgan fingerprint density at radius 2 is 2.07 bits per heavy atom. The van der Waals surface area contributed by atoms with Crippen LogP contribution in [-0.2, 0) is 6.18 Å². The number of hydrogen-bond acceptors (Lipinski definition) is 1. The fraction of sp³-hybridized carbons (Fsp3) is 0.100. The maximum atomic E-state index is 12.3. The monoisotopic (exact) mass is 196 g/mol. The van der Waals surface area contributed by atoms with Gasteiger partial charge in [0, 0.05) is 11.6 Å². The fourth-order valence-electron chi connectivity index (χ4n) is 1.16. The lowest BCUT2D eigenvalue weighted by atomic mass is 10.1. The van der Waals surface area contributed by atoms with E-state index in [0.29, 0.717) is 10.9 Å². The SMILES string of the molecule is FC(F)(F)c1cnc2ccc[c]c2c1. The Balaban J connectivity index is 2.63. The molecule has 1 nitrogen and oxygen atoms in total. The van der Waals surface area contributed by atoms with Gasteiger partial charge in [-0.05, 0) is 18.2 Å². The van der Waals surface area contributed by atoms with Gasteiger partial charge in [-0.1, -0.05) is 12.1 Å². The van der Waals surface area contributed by atoms with Crippen molar-refractivity contribution in [2.45, 2.75) is 6.18 Å². The number of nitrogens with zero attached hydrogens (tertiary/aromatic N) is 1. The smallest absolute Gasteiger partial charge is 0.256 e. The van der Waals surface area contributed by atoms with E-state index in [1.165, 1.54) is 0 Å². The third-order valence-electron chi connectivity index (χ3n) is 1.83. The van der Waals surface area contributed by atoms with Crippen LogP contribution in [0.25, 0.3) is 10.9 Å². The fourth-order valence-corrected chi connectivity index (χ4v) is 1.16. The molecule has 0 aliphatic rings. The van der Waals surface area contributed by atoms with Crippen molar-refractivity contribution in [2.24, 2.45) is 0 Å². The van der Waals surface area contributed by atoms with Crippen LogP contribution in [0.15, 0.2) is 30.5 Å². The number of rotatable bonds is 0. The topological polar surface area (TPSA) is 12.9 Å². The quantitative estimate of drug-likeness (QED) is 0.631. The number of halogens is 3. The first kappa shape index (κ1) is 8.99. The molecule has 0 atom stereocenters. The van der Waals surface area contributed by atoms with E-state index < -0.39 is 11.7 Å². The van der Waals surface area contributed by atoms with Gasteiger partial charge >= 0.3 is 6.18 Å². The van der Waals surface area contributed by atoms with E-state index in [-0.39, 0.29) is 0 Å². The summed E-state index contributed by atoms with van der Waals surface area (Å²) in [6, 6.07) is 8.63. The Kier molecular flexibility index (Phi) is 1.91. The highest BCUT2D eigenvalue weighted by molar-refractivity contribution is 5.78. The van der Waals surface area contributed by atoms with Crippen LogP contribution in [-0.4, -0.2) is 4.98 Å². The second kappa shape index (κ2) is 2.97. The summed E-state index contributed by atoms with van der Waals surface area (Å²) >= 11 is 0. The number of alkyl halides is 3. The van der Waals surface area contributed by atoms with E-state index in [1.807, 2.05) is 0 Å². The molecule has 4 heteroatoms. The molecule has 0 aliphatic carbocycles. The van der Waals surface area contributed by atoms with E-state index in [4.69, 9.17) is 0 Å². The molecule has 0 saturated carbocycles. The second-order valence-corrected chi connectivity index (χ2v) is 2.82. The van der Waals surface area contributed by atoms with Crippen LogP contribution in [0.4, 0.5) is 13.2 Å².